The smallest absolute Gasteiger partial charge is 0.319 e. The molecule has 3 rings (SSSR count). The number of para-hydroxylation sites is 1. The highest BCUT2D eigenvalue weighted by Crippen LogP contribution is 2.40. The molecular weight excluding hydrogens is 226 g/mol. The number of carbonyl (C=O) groups excluding carboxylic acids is 1. The van der Waals surface area contributed by atoms with Crippen molar-refractivity contribution in [3.05, 3.63) is 29.8 Å². The number of hydrogen-bond acceptors (Lipinski definition) is 2. The average molecular weight is 245 g/mol. The number of rotatable bonds is 0. The van der Waals surface area contributed by atoms with Gasteiger partial charge in [-0.25, -0.2) is 4.79 Å². The van der Waals surface area contributed by atoms with Crippen LogP contribution in [0.3, 0.4) is 0 Å². The highest BCUT2D eigenvalue weighted by atomic mass is 16.2. The zero-order chi connectivity index (χ0) is 12.7. The van der Waals surface area contributed by atoms with E-state index in [0.717, 1.165) is 19.6 Å². The van der Waals surface area contributed by atoms with Gasteiger partial charge in [0.05, 0.1) is 0 Å². The molecule has 18 heavy (non-hydrogen) atoms. The molecule has 2 aliphatic heterocycles. The van der Waals surface area contributed by atoms with Crippen molar-refractivity contribution in [2.45, 2.75) is 5.92 Å². The van der Waals surface area contributed by atoms with Crippen molar-refractivity contribution in [1.82, 2.24) is 9.80 Å². The second kappa shape index (κ2) is 4.19. The second-order valence-electron chi connectivity index (χ2n) is 5.42. The van der Waals surface area contributed by atoms with Crippen molar-refractivity contribution in [1.29, 1.82) is 0 Å². The van der Waals surface area contributed by atoms with E-state index in [1.807, 2.05) is 19.0 Å². The van der Waals surface area contributed by atoms with Crippen LogP contribution < -0.4 is 5.32 Å². The molecule has 0 aromatic heterocycles. The van der Waals surface area contributed by atoms with Crippen LogP contribution in [-0.4, -0.2) is 49.6 Å². The molecule has 1 aromatic carbocycles. The van der Waals surface area contributed by atoms with E-state index in [1.165, 1.54) is 11.3 Å². The van der Waals surface area contributed by atoms with E-state index < -0.39 is 0 Å². The summed E-state index contributed by atoms with van der Waals surface area (Å²) in [6.07, 6.45) is 0. The third-order valence-electron chi connectivity index (χ3n) is 4.01. The maximum absolute atomic E-state index is 12.0. The molecule has 2 amide bonds. The number of fused-ring (bicyclic) bond motifs is 3. The van der Waals surface area contributed by atoms with Crippen LogP contribution in [0.5, 0.6) is 0 Å². The standard InChI is InChI=1S/C14H19N3O/c1-16(2)14(18)17-8-10-7-15-13-6-4-3-5-11(13)12(10)9-17/h3-6,10,12,15H,7-9H2,1-2H3/t10-,12-/m0/s1. The summed E-state index contributed by atoms with van der Waals surface area (Å²) in [5.41, 5.74) is 2.60. The Hall–Kier alpha value is -1.71. The van der Waals surface area contributed by atoms with Gasteiger partial charge in [-0.15, -0.1) is 0 Å². The number of urea groups is 1. The first-order valence-electron chi connectivity index (χ1n) is 6.46. The molecular formula is C14H19N3O. The molecule has 2 aliphatic rings. The van der Waals surface area contributed by atoms with Gasteiger partial charge in [-0.2, -0.15) is 0 Å². The van der Waals surface area contributed by atoms with E-state index in [2.05, 4.69) is 29.6 Å². The van der Waals surface area contributed by atoms with Gasteiger partial charge in [0, 0.05) is 51.3 Å². The van der Waals surface area contributed by atoms with E-state index in [0.29, 0.717) is 11.8 Å². The quantitative estimate of drug-likeness (QED) is 0.756. The van der Waals surface area contributed by atoms with Crippen molar-refractivity contribution >= 4 is 11.7 Å². The number of amides is 2. The fraction of sp³-hybridized carbons (Fsp3) is 0.500. The summed E-state index contributed by atoms with van der Waals surface area (Å²) in [6.45, 7) is 2.68. The minimum absolute atomic E-state index is 0.127. The van der Waals surface area contributed by atoms with Crippen LogP contribution in [-0.2, 0) is 0 Å². The predicted molar refractivity (Wildman–Crippen MR) is 71.8 cm³/mol. The fourth-order valence-corrected chi connectivity index (χ4v) is 3.09. The Kier molecular flexibility index (Phi) is 2.65. The highest BCUT2D eigenvalue weighted by Gasteiger charge is 2.39. The van der Waals surface area contributed by atoms with Crippen LogP contribution in [0.1, 0.15) is 11.5 Å². The average Bonchev–Trinajstić information content (AvgIpc) is 2.81. The van der Waals surface area contributed by atoms with Crippen molar-refractivity contribution < 1.29 is 4.79 Å². The van der Waals surface area contributed by atoms with Crippen LogP contribution in [0.15, 0.2) is 24.3 Å². The van der Waals surface area contributed by atoms with Crippen LogP contribution in [0, 0.1) is 5.92 Å². The first-order chi connectivity index (χ1) is 8.66. The van der Waals surface area contributed by atoms with Gasteiger partial charge in [0.25, 0.3) is 0 Å². The second-order valence-corrected chi connectivity index (χ2v) is 5.42. The molecule has 4 nitrogen and oxygen atoms in total. The van der Waals surface area contributed by atoms with Crippen LogP contribution in [0.25, 0.3) is 0 Å². The summed E-state index contributed by atoms with van der Waals surface area (Å²) in [5, 5.41) is 3.47. The van der Waals surface area contributed by atoms with Crippen LogP contribution in [0.4, 0.5) is 10.5 Å². The third kappa shape index (κ3) is 1.72. The van der Waals surface area contributed by atoms with Crippen molar-refractivity contribution in [3.8, 4) is 0 Å². The monoisotopic (exact) mass is 245 g/mol. The van der Waals surface area contributed by atoms with Crippen molar-refractivity contribution in [2.75, 3.05) is 39.0 Å². The predicted octanol–water partition coefficient (Wildman–Crippen LogP) is 1.81. The molecule has 0 bridgehead atoms. The lowest BCUT2D eigenvalue weighted by Gasteiger charge is -2.28. The lowest BCUT2D eigenvalue weighted by Crippen LogP contribution is -2.37. The lowest BCUT2D eigenvalue weighted by atomic mass is 9.85. The molecule has 4 heteroatoms. The van der Waals surface area contributed by atoms with E-state index in [4.69, 9.17) is 0 Å². The van der Waals surface area contributed by atoms with E-state index in [-0.39, 0.29) is 6.03 Å². The van der Waals surface area contributed by atoms with Gasteiger partial charge in [0.2, 0.25) is 0 Å². The zero-order valence-electron chi connectivity index (χ0n) is 10.9. The summed E-state index contributed by atoms with van der Waals surface area (Å²) >= 11 is 0. The molecule has 2 atom stereocenters. The number of anilines is 1. The van der Waals surface area contributed by atoms with Gasteiger partial charge < -0.3 is 15.1 Å². The minimum Gasteiger partial charge on any atom is -0.384 e. The molecule has 0 aliphatic carbocycles. The first-order valence-corrected chi connectivity index (χ1v) is 6.46. The number of hydrogen-bond donors (Lipinski definition) is 1. The summed E-state index contributed by atoms with van der Waals surface area (Å²) in [7, 11) is 3.63. The number of likely N-dealkylation sites (tertiary alicyclic amines) is 1. The summed E-state index contributed by atoms with van der Waals surface area (Å²) in [6, 6.07) is 8.58. The Labute approximate surface area is 108 Å². The zero-order valence-corrected chi connectivity index (χ0v) is 10.9. The Balaban J connectivity index is 1.84. The normalized spacial score (nSPS) is 25.1. The Morgan fingerprint density at radius 2 is 2.11 bits per heavy atom. The van der Waals surface area contributed by atoms with Gasteiger partial charge in [0.15, 0.2) is 0 Å². The molecule has 0 spiro atoms. The summed E-state index contributed by atoms with van der Waals surface area (Å²) in [5.74, 6) is 1.04. The lowest BCUT2D eigenvalue weighted by molar-refractivity contribution is 0.180. The van der Waals surface area contributed by atoms with Crippen LogP contribution >= 0.6 is 0 Å². The Morgan fingerprint density at radius 3 is 2.89 bits per heavy atom. The molecule has 0 saturated carbocycles. The van der Waals surface area contributed by atoms with Gasteiger partial charge >= 0.3 is 6.03 Å². The molecule has 1 N–H and O–H groups in total. The third-order valence-corrected chi connectivity index (χ3v) is 4.01. The summed E-state index contributed by atoms with van der Waals surface area (Å²) < 4.78 is 0. The van der Waals surface area contributed by atoms with Gasteiger partial charge in [0.1, 0.15) is 0 Å². The van der Waals surface area contributed by atoms with Gasteiger partial charge in [-0.05, 0) is 11.6 Å². The first kappa shape index (κ1) is 11.4. The number of carbonyl (C=O) groups is 1. The Morgan fingerprint density at radius 1 is 1.33 bits per heavy atom. The minimum atomic E-state index is 0.127. The van der Waals surface area contributed by atoms with E-state index >= 15 is 0 Å². The van der Waals surface area contributed by atoms with E-state index in [9.17, 15) is 4.79 Å². The van der Waals surface area contributed by atoms with Crippen molar-refractivity contribution in [3.63, 3.8) is 0 Å². The molecule has 2 heterocycles. The van der Waals surface area contributed by atoms with Crippen LogP contribution in [0.2, 0.25) is 0 Å². The molecule has 96 valence electrons. The SMILES string of the molecule is CN(C)C(=O)N1C[C@@H]2CNc3ccccc3[C@H]2C1. The Bertz CT molecular complexity index is 472. The van der Waals surface area contributed by atoms with Crippen molar-refractivity contribution in [2.24, 2.45) is 5.92 Å². The summed E-state index contributed by atoms with van der Waals surface area (Å²) in [4.78, 5) is 15.7. The molecule has 0 unspecified atom stereocenters. The molecule has 1 saturated heterocycles. The number of benzene rings is 1. The maximum atomic E-state index is 12.0. The molecule has 1 aromatic rings. The fourth-order valence-electron chi connectivity index (χ4n) is 3.09. The topological polar surface area (TPSA) is 35.6 Å². The highest BCUT2D eigenvalue weighted by molar-refractivity contribution is 5.74. The maximum Gasteiger partial charge on any atom is 0.319 e. The van der Waals surface area contributed by atoms with Gasteiger partial charge in [-0.3, -0.25) is 0 Å². The molecule has 0 radical (unpaired) electrons. The number of nitrogens with zero attached hydrogens (tertiary/aromatic N) is 2. The van der Waals surface area contributed by atoms with Gasteiger partial charge in [-0.1, -0.05) is 18.2 Å². The van der Waals surface area contributed by atoms with E-state index in [1.54, 1.807) is 4.90 Å². The number of nitrogens with one attached hydrogen (secondary N) is 1. The molecule has 1 fully saturated rings. The largest absolute Gasteiger partial charge is 0.384 e.